The smallest absolute Gasteiger partial charge is 0.336 e. The molecule has 1 N–H and O–H groups in total. The largest absolute Gasteiger partial charge is 0.478 e. The van der Waals surface area contributed by atoms with Crippen molar-refractivity contribution >= 4 is 23.7 Å². The molecule has 5 rings (SSSR count). The molecule has 0 aromatic heterocycles. The van der Waals surface area contributed by atoms with Crippen molar-refractivity contribution in [3.05, 3.63) is 113 Å². The van der Waals surface area contributed by atoms with E-state index in [4.69, 9.17) is 5.10 Å². The van der Waals surface area contributed by atoms with Crippen LogP contribution in [-0.4, -0.2) is 27.7 Å². The maximum atomic E-state index is 13.7. The minimum atomic E-state index is -1.12. The minimum absolute atomic E-state index is 0.00978. The van der Waals surface area contributed by atoms with Gasteiger partial charge in [0.1, 0.15) is 0 Å². The van der Waals surface area contributed by atoms with E-state index >= 15 is 0 Å². The SMILES string of the molecule is O=C(O)c1ccccc1C(=O)N1N=C2C(=Cc3ccccc3)CCCC2C1c1ccccc1. The summed E-state index contributed by atoms with van der Waals surface area (Å²) >= 11 is 0. The van der Waals surface area contributed by atoms with Gasteiger partial charge in [-0.25, -0.2) is 9.80 Å². The first-order valence-corrected chi connectivity index (χ1v) is 11.2. The van der Waals surface area contributed by atoms with Crippen molar-refractivity contribution in [2.45, 2.75) is 25.3 Å². The third-order valence-corrected chi connectivity index (χ3v) is 6.38. The lowest BCUT2D eigenvalue weighted by molar-refractivity contribution is 0.0646. The van der Waals surface area contributed by atoms with Gasteiger partial charge in [0.15, 0.2) is 0 Å². The van der Waals surface area contributed by atoms with E-state index in [1.807, 2.05) is 48.5 Å². The third kappa shape index (κ3) is 3.98. The van der Waals surface area contributed by atoms with Gasteiger partial charge in [-0.15, -0.1) is 0 Å². The first-order chi connectivity index (χ1) is 16.1. The topological polar surface area (TPSA) is 70.0 Å². The maximum absolute atomic E-state index is 13.7. The maximum Gasteiger partial charge on any atom is 0.336 e. The number of nitrogens with zero attached hydrogens (tertiary/aromatic N) is 2. The summed E-state index contributed by atoms with van der Waals surface area (Å²) in [6, 6.07) is 26.1. The molecule has 1 fully saturated rings. The quantitative estimate of drug-likeness (QED) is 0.560. The number of hydrazone groups is 1. The van der Waals surface area contributed by atoms with Crippen molar-refractivity contribution in [2.75, 3.05) is 0 Å². The number of amides is 1. The highest BCUT2D eigenvalue weighted by Crippen LogP contribution is 2.45. The van der Waals surface area contributed by atoms with E-state index in [1.54, 1.807) is 18.2 Å². The number of carbonyl (C=O) groups is 2. The zero-order valence-corrected chi connectivity index (χ0v) is 18.1. The molecule has 2 unspecified atom stereocenters. The normalized spacial score (nSPS) is 20.9. The molecular formula is C28H24N2O3. The highest BCUT2D eigenvalue weighted by atomic mass is 16.4. The number of rotatable bonds is 4. The van der Waals surface area contributed by atoms with Crippen LogP contribution in [0.4, 0.5) is 0 Å². The van der Waals surface area contributed by atoms with Crippen molar-refractivity contribution in [1.82, 2.24) is 5.01 Å². The van der Waals surface area contributed by atoms with Gasteiger partial charge >= 0.3 is 5.97 Å². The average Bonchev–Trinajstić information content (AvgIpc) is 3.25. The number of carbonyl (C=O) groups excluding carboxylic acids is 1. The lowest BCUT2D eigenvalue weighted by Crippen LogP contribution is -2.32. The fraction of sp³-hybridized carbons (Fsp3) is 0.179. The van der Waals surface area contributed by atoms with Gasteiger partial charge in [0.05, 0.1) is 22.9 Å². The molecule has 3 aromatic carbocycles. The van der Waals surface area contributed by atoms with Crippen LogP contribution in [0, 0.1) is 5.92 Å². The molecule has 1 aliphatic heterocycles. The summed E-state index contributed by atoms with van der Waals surface area (Å²) in [6.45, 7) is 0. The van der Waals surface area contributed by atoms with Crippen molar-refractivity contribution in [1.29, 1.82) is 0 Å². The summed E-state index contributed by atoms with van der Waals surface area (Å²) in [4.78, 5) is 25.5. The Bertz CT molecular complexity index is 1250. The molecule has 1 amide bonds. The molecule has 1 saturated carbocycles. The van der Waals surface area contributed by atoms with Gasteiger partial charge in [-0.1, -0.05) is 72.8 Å². The molecule has 0 radical (unpaired) electrons. The number of allylic oxidation sites excluding steroid dienone is 1. The predicted octanol–water partition coefficient (Wildman–Crippen LogP) is 5.82. The predicted molar refractivity (Wildman–Crippen MR) is 128 cm³/mol. The number of aromatic carboxylic acids is 1. The fourth-order valence-electron chi connectivity index (χ4n) is 4.88. The van der Waals surface area contributed by atoms with E-state index < -0.39 is 5.97 Å². The Morgan fingerprint density at radius 1 is 0.879 bits per heavy atom. The van der Waals surface area contributed by atoms with Gasteiger partial charge < -0.3 is 5.11 Å². The Morgan fingerprint density at radius 3 is 2.21 bits per heavy atom. The summed E-state index contributed by atoms with van der Waals surface area (Å²) in [5, 5.41) is 16.0. The molecule has 5 nitrogen and oxygen atoms in total. The van der Waals surface area contributed by atoms with Crippen molar-refractivity contribution in [3.63, 3.8) is 0 Å². The van der Waals surface area contributed by atoms with Crippen LogP contribution in [0.15, 0.2) is 95.6 Å². The zero-order valence-electron chi connectivity index (χ0n) is 18.1. The van der Waals surface area contributed by atoms with Crippen molar-refractivity contribution in [2.24, 2.45) is 11.0 Å². The first-order valence-electron chi connectivity index (χ1n) is 11.2. The Hall–Kier alpha value is -3.99. The standard InChI is InChI=1S/C28H24N2O3/c31-27(22-15-7-8-16-23(22)28(32)33)30-26(20-12-5-2-6-13-20)24-17-9-14-21(25(24)29-30)18-19-10-3-1-4-11-19/h1-8,10-13,15-16,18,24,26H,9,14,17H2,(H,32,33). The highest BCUT2D eigenvalue weighted by molar-refractivity contribution is 6.10. The number of carboxylic acids is 1. The van der Waals surface area contributed by atoms with Crippen molar-refractivity contribution < 1.29 is 14.7 Å². The number of hydrogen-bond donors (Lipinski definition) is 1. The third-order valence-electron chi connectivity index (χ3n) is 6.38. The van der Waals surface area contributed by atoms with E-state index in [0.29, 0.717) is 0 Å². The number of benzene rings is 3. The molecule has 2 aliphatic rings. The van der Waals surface area contributed by atoms with E-state index in [9.17, 15) is 14.7 Å². The molecule has 0 spiro atoms. The highest BCUT2D eigenvalue weighted by Gasteiger charge is 2.44. The summed E-state index contributed by atoms with van der Waals surface area (Å²) in [7, 11) is 0. The molecular weight excluding hydrogens is 412 g/mol. The lowest BCUT2D eigenvalue weighted by atomic mass is 9.77. The Labute approximate surface area is 192 Å². The molecule has 1 aliphatic carbocycles. The second-order valence-electron chi connectivity index (χ2n) is 8.42. The molecule has 33 heavy (non-hydrogen) atoms. The molecule has 0 saturated heterocycles. The second-order valence-corrected chi connectivity index (χ2v) is 8.42. The number of carboxylic acid groups (broad SMARTS) is 1. The summed E-state index contributed by atoms with van der Waals surface area (Å²) in [5.74, 6) is -1.44. The van der Waals surface area contributed by atoms with Gasteiger partial charge in [-0.2, -0.15) is 5.10 Å². The Morgan fingerprint density at radius 2 is 1.52 bits per heavy atom. The van der Waals surface area contributed by atoms with E-state index in [1.165, 1.54) is 11.1 Å². The van der Waals surface area contributed by atoms with Crippen LogP contribution in [0.3, 0.4) is 0 Å². The minimum Gasteiger partial charge on any atom is -0.478 e. The number of hydrogen-bond acceptors (Lipinski definition) is 3. The molecule has 2 atom stereocenters. The molecule has 164 valence electrons. The molecule has 5 heteroatoms. The van der Waals surface area contributed by atoms with E-state index in [0.717, 1.165) is 41.7 Å². The Kier molecular flexibility index (Phi) is 5.61. The van der Waals surface area contributed by atoms with Crippen LogP contribution in [0.5, 0.6) is 0 Å². The lowest BCUT2D eigenvalue weighted by Gasteiger charge is -2.29. The van der Waals surface area contributed by atoms with Gasteiger partial charge in [-0.05, 0) is 54.2 Å². The monoisotopic (exact) mass is 436 g/mol. The van der Waals surface area contributed by atoms with Gasteiger partial charge in [-0.3, -0.25) is 4.79 Å². The van der Waals surface area contributed by atoms with Gasteiger partial charge in [0.25, 0.3) is 5.91 Å². The van der Waals surface area contributed by atoms with E-state index in [2.05, 4.69) is 18.2 Å². The van der Waals surface area contributed by atoms with Crippen LogP contribution in [-0.2, 0) is 0 Å². The van der Waals surface area contributed by atoms with E-state index in [-0.39, 0.29) is 29.0 Å². The van der Waals surface area contributed by atoms with Crippen LogP contribution in [0.2, 0.25) is 0 Å². The summed E-state index contributed by atoms with van der Waals surface area (Å²) in [5.41, 5.74) is 4.32. The average molecular weight is 437 g/mol. The summed E-state index contributed by atoms with van der Waals surface area (Å²) in [6.07, 6.45) is 5.00. The van der Waals surface area contributed by atoms with Crippen LogP contribution >= 0.6 is 0 Å². The molecule has 1 heterocycles. The van der Waals surface area contributed by atoms with Crippen LogP contribution in [0.1, 0.15) is 57.1 Å². The van der Waals surface area contributed by atoms with Gasteiger partial charge in [0, 0.05) is 5.92 Å². The second kappa shape index (κ2) is 8.87. The molecule has 0 bridgehead atoms. The van der Waals surface area contributed by atoms with Crippen LogP contribution < -0.4 is 0 Å². The fourth-order valence-corrected chi connectivity index (χ4v) is 4.88. The molecule has 3 aromatic rings. The van der Waals surface area contributed by atoms with Crippen LogP contribution in [0.25, 0.3) is 6.08 Å². The van der Waals surface area contributed by atoms with Gasteiger partial charge in [0.2, 0.25) is 0 Å². The summed E-state index contributed by atoms with van der Waals surface area (Å²) < 4.78 is 0. The number of fused-ring (bicyclic) bond motifs is 1. The first kappa shape index (κ1) is 20.9. The Balaban J connectivity index is 1.61. The van der Waals surface area contributed by atoms with Crippen molar-refractivity contribution in [3.8, 4) is 0 Å². The zero-order chi connectivity index (χ0) is 22.8.